The lowest BCUT2D eigenvalue weighted by Crippen LogP contribution is -2.01. The minimum absolute atomic E-state index is 0.176. The van der Waals surface area contributed by atoms with Gasteiger partial charge >= 0.3 is 5.82 Å². The summed E-state index contributed by atoms with van der Waals surface area (Å²) in [5.74, 6) is 0.335. The third-order valence-electron chi connectivity index (χ3n) is 4.30. The monoisotopic (exact) mass is 410 g/mol. The summed E-state index contributed by atoms with van der Waals surface area (Å²) < 4.78 is 16.8. The molecule has 29 heavy (non-hydrogen) atoms. The molecule has 10 heteroatoms. The predicted molar refractivity (Wildman–Crippen MR) is 106 cm³/mol. The zero-order chi connectivity index (χ0) is 20.4. The minimum atomic E-state index is -0.498. The number of hydrogen-bond donors (Lipinski definition) is 0. The number of benzene rings is 2. The lowest BCUT2D eigenvalue weighted by Gasteiger charge is -2.10. The second-order valence-electron chi connectivity index (χ2n) is 6.16. The summed E-state index contributed by atoms with van der Waals surface area (Å²) in [6.45, 7) is 0. The first-order valence-electron chi connectivity index (χ1n) is 8.58. The van der Waals surface area contributed by atoms with Crippen molar-refractivity contribution in [3.8, 4) is 17.1 Å². The van der Waals surface area contributed by atoms with E-state index >= 15 is 0 Å². The molecule has 0 spiro atoms. The standard InChI is InChI=1S/C19H15FN6O2S/c1-24-12-21-18(26(27)28)16(24)11-29-19-23-22-17(13-7-9-14(20)10-8-13)25(19)15-5-3-2-4-6-15/h2-10,12H,11H2,1H3. The molecule has 4 aromatic rings. The largest absolute Gasteiger partial charge is 0.385 e. The van der Waals surface area contributed by atoms with Gasteiger partial charge in [0, 0.05) is 18.3 Å². The summed E-state index contributed by atoms with van der Waals surface area (Å²) in [5, 5.41) is 20.3. The van der Waals surface area contributed by atoms with Crippen LogP contribution in [0.15, 0.2) is 66.1 Å². The van der Waals surface area contributed by atoms with Crippen LogP contribution >= 0.6 is 11.8 Å². The molecular weight excluding hydrogens is 395 g/mol. The molecule has 0 bridgehead atoms. The van der Waals surface area contributed by atoms with Crippen molar-refractivity contribution in [2.24, 2.45) is 7.05 Å². The van der Waals surface area contributed by atoms with Gasteiger partial charge in [-0.3, -0.25) is 4.57 Å². The number of nitro groups is 1. The molecule has 0 aliphatic rings. The molecule has 2 heterocycles. The van der Waals surface area contributed by atoms with Gasteiger partial charge in [0.05, 0.1) is 5.75 Å². The van der Waals surface area contributed by atoms with E-state index in [2.05, 4.69) is 15.2 Å². The van der Waals surface area contributed by atoms with Gasteiger partial charge in [0.1, 0.15) is 11.5 Å². The zero-order valence-corrected chi connectivity index (χ0v) is 16.1. The molecule has 0 unspecified atom stereocenters. The number of nitrogens with zero attached hydrogens (tertiary/aromatic N) is 6. The lowest BCUT2D eigenvalue weighted by molar-refractivity contribution is -0.390. The fourth-order valence-electron chi connectivity index (χ4n) is 2.85. The van der Waals surface area contributed by atoms with Crippen LogP contribution in [-0.4, -0.2) is 29.2 Å². The highest BCUT2D eigenvalue weighted by molar-refractivity contribution is 7.98. The topological polar surface area (TPSA) is 91.7 Å². The van der Waals surface area contributed by atoms with E-state index in [9.17, 15) is 14.5 Å². The number of aromatic nitrogens is 5. The van der Waals surface area contributed by atoms with Crippen LogP contribution in [0, 0.1) is 15.9 Å². The molecule has 0 aliphatic carbocycles. The quantitative estimate of drug-likeness (QED) is 0.271. The van der Waals surface area contributed by atoms with E-state index in [4.69, 9.17) is 0 Å². The number of imidazole rings is 1. The molecule has 0 radical (unpaired) electrons. The van der Waals surface area contributed by atoms with Gasteiger partial charge in [-0.15, -0.1) is 10.2 Å². The number of rotatable bonds is 6. The van der Waals surface area contributed by atoms with Crippen molar-refractivity contribution >= 4 is 17.6 Å². The van der Waals surface area contributed by atoms with E-state index in [1.54, 1.807) is 23.7 Å². The molecule has 8 nitrogen and oxygen atoms in total. The summed E-state index contributed by atoms with van der Waals surface area (Å²) in [5.41, 5.74) is 2.02. The Kier molecular flexibility index (Phi) is 5.09. The fourth-order valence-corrected chi connectivity index (χ4v) is 3.87. The Morgan fingerprint density at radius 2 is 1.83 bits per heavy atom. The Balaban J connectivity index is 1.74. The number of hydrogen-bond acceptors (Lipinski definition) is 6. The predicted octanol–water partition coefficient (Wildman–Crippen LogP) is 4.01. The first-order valence-corrected chi connectivity index (χ1v) is 9.57. The van der Waals surface area contributed by atoms with Crippen LogP contribution in [0.4, 0.5) is 10.2 Å². The van der Waals surface area contributed by atoms with E-state index in [1.807, 2.05) is 34.9 Å². The fraction of sp³-hybridized carbons (Fsp3) is 0.105. The summed E-state index contributed by atoms with van der Waals surface area (Å²) in [4.78, 5) is 14.6. The minimum Gasteiger partial charge on any atom is -0.358 e. The summed E-state index contributed by atoms with van der Waals surface area (Å²) in [7, 11) is 1.71. The molecule has 146 valence electrons. The van der Waals surface area contributed by atoms with Crippen LogP contribution in [0.2, 0.25) is 0 Å². The van der Waals surface area contributed by atoms with Gasteiger partial charge in [0.25, 0.3) is 0 Å². The van der Waals surface area contributed by atoms with Crippen LogP contribution in [0.25, 0.3) is 17.1 Å². The van der Waals surface area contributed by atoms with Gasteiger partial charge in [-0.05, 0) is 46.3 Å². The first kappa shape index (κ1) is 18.8. The van der Waals surface area contributed by atoms with Crippen molar-refractivity contribution < 1.29 is 9.31 Å². The van der Waals surface area contributed by atoms with Crippen LogP contribution in [0.5, 0.6) is 0 Å². The highest BCUT2D eigenvalue weighted by atomic mass is 32.2. The lowest BCUT2D eigenvalue weighted by atomic mass is 10.2. The molecule has 0 fully saturated rings. The molecule has 0 N–H and O–H groups in total. The molecule has 0 aliphatic heterocycles. The van der Waals surface area contributed by atoms with Gasteiger partial charge in [-0.25, -0.2) is 4.39 Å². The van der Waals surface area contributed by atoms with Crippen LogP contribution in [0.3, 0.4) is 0 Å². The molecular formula is C19H15FN6O2S. The van der Waals surface area contributed by atoms with Crippen molar-refractivity contribution in [3.05, 3.63) is 82.6 Å². The van der Waals surface area contributed by atoms with Crippen molar-refractivity contribution in [2.45, 2.75) is 10.9 Å². The smallest absolute Gasteiger partial charge is 0.358 e. The Morgan fingerprint density at radius 3 is 2.52 bits per heavy atom. The second-order valence-corrected chi connectivity index (χ2v) is 7.10. The van der Waals surface area contributed by atoms with Gasteiger partial charge in [0.15, 0.2) is 11.0 Å². The summed E-state index contributed by atoms with van der Waals surface area (Å²) in [6.07, 6.45) is 1.42. The molecule has 0 saturated heterocycles. The van der Waals surface area contributed by atoms with Gasteiger partial charge in [-0.2, -0.15) is 0 Å². The average Bonchev–Trinajstić information content (AvgIpc) is 3.31. The Hall–Kier alpha value is -3.53. The van der Waals surface area contributed by atoms with E-state index < -0.39 is 4.92 Å². The van der Waals surface area contributed by atoms with E-state index in [1.165, 1.54) is 30.2 Å². The molecule has 0 saturated carbocycles. The molecule has 0 amide bonds. The van der Waals surface area contributed by atoms with Crippen LogP contribution in [0.1, 0.15) is 5.69 Å². The van der Waals surface area contributed by atoms with E-state index in [0.29, 0.717) is 28.0 Å². The molecule has 0 atom stereocenters. The maximum absolute atomic E-state index is 13.3. The molecule has 2 aromatic carbocycles. The van der Waals surface area contributed by atoms with Crippen molar-refractivity contribution in [1.29, 1.82) is 0 Å². The second kappa shape index (κ2) is 7.84. The summed E-state index contributed by atoms with van der Waals surface area (Å²) >= 11 is 1.31. The number of halogens is 1. The van der Waals surface area contributed by atoms with E-state index in [0.717, 1.165) is 5.69 Å². The van der Waals surface area contributed by atoms with E-state index in [-0.39, 0.29) is 11.6 Å². The average molecular weight is 410 g/mol. The normalized spacial score (nSPS) is 11.0. The first-order chi connectivity index (χ1) is 14.0. The Bertz CT molecular complexity index is 1160. The SMILES string of the molecule is Cn1cnc([N+](=O)[O-])c1CSc1nnc(-c2ccc(F)cc2)n1-c1ccccc1. The highest BCUT2D eigenvalue weighted by Gasteiger charge is 2.22. The molecule has 2 aromatic heterocycles. The Morgan fingerprint density at radius 1 is 1.10 bits per heavy atom. The zero-order valence-electron chi connectivity index (χ0n) is 15.3. The van der Waals surface area contributed by atoms with Crippen LogP contribution < -0.4 is 0 Å². The van der Waals surface area contributed by atoms with Crippen molar-refractivity contribution in [3.63, 3.8) is 0 Å². The van der Waals surface area contributed by atoms with Crippen molar-refractivity contribution in [1.82, 2.24) is 24.3 Å². The maximum atomic E-state index is 13.3. The summed E-state index contributed by atoms with van der Waals surface area (Å²) in [6, 6.07) is 15.5. The van der Waals surface area contributed by atoms with Crippen LogP contribution in [-0.2, 0) is 12.8 Å². The third-order valence-corrected chi connectivity index (χ3v) is 5.24. The number of para-hydroxylation sites is 1. The van der Waals surface area contributed by atoms with Gasteiger partial charge in [0.2, 0.25) is 6.33 Å². The highest BCUT2D eigenvalue weighted by Crippen LogP contribution is 2.31. The van der Waals surface area contributed by atoms with Gasteiger partial charge < -0.3 is 14.7 Å². The number of thioether (sulfide) groups is 1. The Labute approximate surface area is 169 Å². The number of aryl methyl sites for hydroxylation is 1. The third kappa shape index (κ3) is 3.74. The molecule has 4 rings (SSSR count). The van der Waals surface area contributed by atoms with Crippen molar-refractivity contribution in [2.75, 3.05) is 0 Å². The maximum Gasteiger partial charge on any atom is 0.385 e. The van der Waals surface area contributed by atoms with Gasteiger partial charge in [-0.1, -0.05) is 30.0 Å².